The molecular formula is C27H29NO11. The Morgan fingerprint density at radius 2 is 2.00 bits per heavy atom. The Morgan fingerprint density at radius 3 is 2.67 bits per heavy atom. The first-order valence-corrected chi connectivity index (χ1v) is 12.6. The number of piperidine rings is 1. The molecule has 2 bridgehead atoms. The minimum absolute atomic E-state index is 0.139. The Morgan fingerprint density at radius 1 is 1.26 bits per heavy atom. The van der Waals surface area contributed by atoms with Gasteiger partial charge in [-0.25, -0.2) is 9.59 Å². The van der Waals surface area contributed by atoms with Gasteiger partial charge >= 0.3 is 23.9 Å². The van der Waals surface area contributed by atoms with Gasteiger partial charge < -0.3 is 34.1 Å². The maximum absolute atomic E-state index is 13.0. The summed E-state index contributed by atoms with van der Waals surface area (Å²) in [6, 6.07) is 3.35. The van der Waals surface area contributed by atoms with Crippen molar-refractivity contribution in [2.45, 2.75) is 74.9 Å². The van der Waals surface area contributed by atoms with Gasteiger partial charge in [-0.05, 0) is 51.1 Å². The van der Waals surface area contributed by atoms with Crippen LogP contribution in [0.2, 0.25) is 0 Å². The van der Waals surface area contributed by atoms with E-state index < -0.39 is 59.6 Å². The molecule has 39 heavy (non-hydrogen) atoms. The molecule has 12 nitrogen and oxygen atoms in total. The molecule has 4 aliphatic rings. The second kappa shape index (κ2) is 9.45. The summed E-state index contributed by atoms with van der Waals surface area (Å²) in [5.74, 6) is -3.92. The predicted octanol–water partition coefficient (Wildman–Crippen LogP) is 0.658. The fourth-order valence-corrected chi connectivity index (χ4v) is 6.59. The number of esters is 3. The molecule has 1 aromatic rings. The fourth-order valence-electron chi connectivity index (χ4n) is 6.59. The van der Waals surface area contributed by atoms with Crippen molar-refractivity contribution in [1.29, 1.82) is 0 Å². The highest BCUT2D eigenvalue weighted by atomic mass is 16.6. The van der Waals surface area contributed by atoms with Gasteiger partial charge in [-0.2, -0.15) is 0 Å². The summed E-state index contributed by atoms with van der Waals surface area (Å²) in [6.45, 7) is 2.92. The maximum atomic E-state index is 13.0. The summed E-state index contributed by atoms with van der Waals surface area (Å²) in [5.41, 5.74) is -0.105. The van der Waals surface area contributed by atoms with Gasteiger partial charge in [0.2, 0.25) is 6.10 Å². The summed E-state index contributed by atoms with van der Waals surface area (Å²) < 4.78 is 21.6. The van der Waals surface area contributed by atoms with Crippen LogP contribution in [0.3, 0.4) is 0 Å². The highest BCUT2D eigenvalue weighted by Gasteiger charge is 2.72. The predicted molar refractivity (Wildman–Crippen MR) is 130 cm³/mol. The molecule has 1 aromatic carbocycles. The number of rotatable bonds is 8. The molecule has 0 unspecified atom stereocenters. The molecule has 0 saturated carbocycles. The minimum atomic E-state index is -1.76. The van der Waals surface area contributed by atoms with Crippen LogP contribution in [-0.2, 0) is 45.2 Å². The van der Waals surface area contributed by atoms with Gasteiger partial charge in [0.25, 0.3) is 0 Å². The number of hydrogen-bond donors (Lipinski definition) is 2. The van der Waals surface area contributed by atoms with Crippen LogP contribution < -0.4 is 4.74 Å². The van der Waals surface area contributed by atoms with E-state index in [0.717, 1.165) is 18.1 Å². The topological polar surface area (TPSA) is 166 Å². The zero-order valence-corrected chi connectivity index (χ0v) is 21.7. The number of carbonyl (C=O) groups excluding carboxylic acids is 4. The van der Waals surface area contributed by atoms with Crippen molar-refractivity contribution in [1.82, 2.24) is 4.90 Å². The average molecular weight is 544 g/mol. The highest BCUT2D eigenvalue weighted by Crippen LogP contribution is 2.64. The van der Waals surface area contributed by atoms with Crippen molar-refractivity contribution >= 4 is 30.2 Å². The number of carboxylic acid groups (broad SMARTS) is 1. The van der Waals surface area contributed by atoms with Crippen molar-refractivity contribution in [2.24, 2.45) is 0 Å². The molecule has 12 heteroatoms. The molecular weight excluding hydrogens is 514 g/mol. The molecule has 208 valence electrons. The Balaban J connectivity index is 1.39. The van der Waals surface area contributed by atoms with E-state index in [2.05, 4.69) is 9.64 Å². The van der Waals surface area contributed by atoms with E-state index in [-0.39, 0.29) is 18.2 Å². The molecule has 6 atom stereocenters. The average Bonchev–Trinajstić information content (AvgIpc) is 3.22. The summed E-state index contributed by atoms with van der Waals surface area (Å²) >= 11 is 0. The van der Waals surface area contributed by atoms with E-state index >= 15 is 0 Å². The van der Waals surface area contributed by atoms with Crippen molar-refractivity contribution in [3.05, 3.63) is 40.7 Å². The molecule has 2 aliphatic carbocycles. The Bertz CT molecular complexity index is 1300. The number of aliphatic hydroxyl groups is 1. The molecule has 2 aliphatic heterocycles. The van der Waals surface area contributed by atoms with Crippen LogP contribution in [-0.4, -0.2) is 88.8 Å². The summed E-state index contributed by atoms with van der Waals surface area (Å²) in [7, 11) is 1.96. The lowest BCUT2D eigenvalue weighted by molar-refractivity contribution is -0.177. The number of likely N-dealkylation sites (tertiary alicyclic amines) is 1. The number of ether oxygens (including phenoxy) is 4. The summed E-state index contributed by atoms with van der Waals surface area (Å²) in [5, 5.41) is 21.3. The number of aliphatic carboxylic acids is 1. The quantitative estimate of drug-likeness (QED) is 0.268. The van der Waals surface area contributed by atoms with Gasteiger partial charge in [0.1, 0.15) is 11.5 Å². The molecule has 0 radical (unpaired) electrons. The van der Waals surface area contributed by atoms with Gasteiger partial charge in [0, 0.05) is 24.9 Å². The van der Waals surface area contributed by atoms with E-state index in [4.69, 9.17) is 19.3 Å². The smallest absolute Gasteiger partial charge is 0.352 e. The highest BCUT2D eigenvalue weighted by molar-refractivity contribution is 5.85. The Kier molecular flexibility index (Phi) is 6.50. The third-order valence-corrected chi connectivity index (χ3v) is 8.33. The minimum Gasteiger partial charge on any atom is -0.480 e. The third kappa shape index (κ3) is 4.00. The third-order valence-electron chi connectivity index (χ3n) is 8.33. The van der Waals surface area contributed by atoms with E-state index in [1.807, 2.05) is 13.1 Å². The molecule has 0 aromatic heterocycles. The molecule has 2 N–H and O–H groups in total. The van der Waals surface area contributed by atoms with Crippen LogP contribution >= 0.6 is 0 Å². The van der Waals surface area contributed by atoms with Crippen LogP contribution in [0.15, 0.2) is 24.0 Å². The van der Waals surface area contributed by atoms with E-state index in [0.29, 0.717) is 37.0 Å². The summed E-state index contributed by atoms with van der Waals surface area (Å²) in [6.07, 6.45) is -1.33. The fraction of sp³-hybridized carbons (Fsp3) is 0.519. The van der Waals surface area contributed by atoms with Crippen LogP contribution in [0.5, 0.6) is 5.75 Å². The second-order valence-electron chi connectivity index (χ2n) is 10.5. The molecule has 2 heterocycles. The number of benzene rings is 1. The van der Waals surface area contributed by atoms with Crippen LogP contribution in [0, 0.1) is 0 Å². The zero-order valence-electron chi connectivity index (χ0n) is 21.7. The molecule has 5 rings (SSSR count). The number of nitrogens with zero attached hydrogens (tertiary/aromatic N) is 1. The Labute approximate surface area is 223 Å². The van der Waals surface area contributed by atoms with Crippen molar-refractivity contribution < 1.29 is 53.1 Å². The second-order valence-corrected chi connectivity index (χ2v) is 10.5. The number of hydrogen-bond acceptors (Lipinski definition) is 11. The SMILES string of the molecule is CC(=O)O[C@@H](CC(=O)O[C@@H](C)C(=O)OC1=CC[C@@]2(O)[C@H]3Cc4ccc(C=O)c5c4[C@@]2(CCN3C)[C@H]1O5)C(=O)O. The van der Waals surface area contributed by atoms with Gasteiger partial charge in [0.15, 0.2) is 18.5 Å². The number of aldehydes is 1. The van der Waals surface area contributed by atoms with Gasteiger partial charge in [-0.15, -0.1) is 0 Å². The standard InChI is InChI=1S/C27H29NO11/c1-13(36-20(31)11-18(24(32)33)37-14(2)30)25(34)38-17-6-7-27(35)19-10-15-4-5-16(12-29)22-21(15)26(27,23(17)39-22)8-9-28(19)3/h4-6,12-13,18-19,23,35H,7-11H2,1-3H3,(H,32,33)/t13-,18-,19+,23-,26-,27+/m0/s1. The maximum Gasteiger partial charge on any atom is 0.352 e. The molecule has 0 amide bonds. The first kappa shape index (κ1) is 26.8. The van der Waals surface area contributed by atoms with E-state index in [9.17, 15) is 29.1 Å². The van der Waals surface area contributed by atoms with Crippen molar-refractivity contribution in [3.8, 4) is 5.75 Å². The normalized spacial score (nSPS) is 29.6. The van der Waals surface area contributed by atoms with E-state index in [1.54, 1.807) is 12.1 Å². The molecule has 1 fully saturated rings. The van der Waals surface area contributed by atoms with E-state index in [1.165, 1.54) is 6.92 Å². The number of carboxylic acids is 1. The Hall–Kier alpha value is -3.77. The monoisotopic (exact) mass is 543 g/mol. The lowest BCUT2D eigenvalue weighted by Crippen LogP contribution is -2.74. The largest absolute Gasteiger partial charge is 0.480 e. The van der Waals surface area contributed by atoms with Gasteiger partial charge in [-0.3, -0.25) is 14.4 Å². The first-order chi connectivity index (χ1) is 18.4. The molecule has 1 spiro atoms. The van der Waals surface area contributed by atoms with Crippen LogP contribution in [0.4, 0.5) is 0 Å². The zero-order chi connectivity index (χ0) is 28.3. The van der Waals surface area contributed by atoms with Crippen molar-refractivity contribution in [3.63, 3.8) is 0 Å². The van der Waals surface area contributed by atoms with Gasteiger partial charge in [0.05, 0.1) is 23.0 Å². The number of likely N-dealkylation sites (N-methyl/N-ethyl adjacent to an activating group) is 1. The molecule has 1 saturated heterocycles. The van der Waals surface area contributed by atoms with Crippen LogP contribution in [0.25, 0.3) is 0 Å². The van der Waals surface area contributed by atoms with Crippen LogP contribution in [0.1, 0.15) is 54.6 Å². The lowest BCUT2D eigenvalue weighted by atomic mass is 9.50. The first-order valence-electron chi connectivity index (χ1n) is 12.6. The summed E-state index contributed by atoms with van der Waals surface area (Å²) in [4.78, 5) is 61.5. The van der Waals surface area contributed by atoms with Gasteiger partial charge in [-0.1, -0.05) is 6.07 Å². The lowest BCUT2D eigenvalue weighted by Gasteiger charge is -2.61. The van der Waals surface area contributed by atoms with Crippen molar-refractivity contribution in [2.75, 3.05) is 13.6 Å². The number of carbonyl (C=O) groups is 5.